The zero-order valence-electron chi connectivity index (χ0n) is 12.2. The van der Waals surface area contributed by atoms with E-state index < -0.39 is 0 Å². The molecule has 21 heavy (non-hydrogen) atoms. The van der Waals surface area contributed by atoms with Gasteiger partial charge in [-0.3, -0.25) is 4.79 Å². The average molecular weight is 281 g/mol. The molecule has 0 aliphatic carbocycles. The highest BCUT2D eigenvalue weighted by Crippen LogP contribution is 2.21. The predicted molar refractivity (Wildman–Crippen MR) is 82.9 cm³/mol. The Kier molecular flexibility index (Phi) is 4.02. The molecular weight excluding hydrogens is 262 g/mol. The number of amides is 1. The van der Waals surface area contributed by atoms with Gasteiger partial charge >= 0.3 is 0 Å². The molecule has 0 aromatic heterocycles. The van der Waals surface area contributed by atoms with Gasteiger partial charge < -0.3 is 9.64 Å². The summed E-state index contributed by atoms with van der Waals surface area (Å²) in [5, 5.41) is 0. The van der Waals surface area contributed by atoms with Crippen LogP contribution in [-0.2, 0) is 4.74 Å². The molecule has 0 spiro atoms. The Morgan fingerprint density at radius 2 is 1.71 bits per heavy atom. The van der Waals surface area contributed by atoms with Gasteiger partial charge in [0.25, 0.3) is 5.91 Å². The standard InChI is InChI=1S/C18H19NO2/c1-14-19(12-5-13-21-14)18(20)17-10-8-16(9-11-17)15-6-3-2-4-7-15/h2-4,6-11,14H,5,12-13H2,1H3. The molecule has 1 fully saturated rings. The molecule has 1 amide bonds. The van der Waals surface area contributed by atoms with E-state index in [1.165, 1.54) is 0 Å². The first-order chi connectivity index (χ1) is 10.3. The molecule has 1 atom stereocenters. The lowest BCUT2D eigenvalue weighted by atomic mass is 10.0. The van der Waals surface area contributed by atoms with Crippen LogP contribution in [0.2, 0.25) is 0 Å². The van der Waals surface area contributed by atoms with E-state index in [0.29, 0.717) is 5.56 Å². The number of nitrogens with zero attached hydrogens (tertiary/aromatic N) is 1. The number of carbonyl (C=O) groups is 1. The lowest BCUT2D eigenvalue weighted by Crippen LogP contribution is -2.44. The Balaban J connectivity index is 1.79. The number of ether oxygens (including phenoxy) is 1. The fraction of sp³-hybridized carbons (Fsp3) is 0.278. The third-order valence-electron chi connectivity index (χ3n) is 3.84. The van der Waals surface area contributed by atoms with Crippen LogP contribution in [0, 0.1) is 0 Å². The highest BCUT2D eigenvalue weighted by Gasteiger charge is 2.24. The Labute approximate surface area is 125 Å². The maximum Gasteiger partial charge on any atom is 0.255 e. The van der Waals surface area contributed by atoms with Gasteiger partial charge in [-0.1, -0.05) is 42.5 Å². The normalized spacial score (nSPS) is 18.5. The molecule has 0 saturated carbocycles. The van der Waals surface area contributed by atoms with Crippen molar-refractivity contribution in [3.8, 4) is 11.1 Å². The summed E-state index contributed by atoms with van der Waals surface area (Å²) in [6.07, 6.45) is 0.762. The zero-order chi connectivity index (χ0) is 14.7. The van der Waals surface area contributed by atoms with Gasteiger partial charge in [0.05, 0.1) is 6.61 Å². The molecular formula is C18H19NO2. The van der Waals surface area contributed by atoms with Crippen molar-refractivity contribution in [2.75, 3.05) is 13.2 Å². The molecule has 1 unspecified atom stereocenters. The van der Waals surface area contributed by atoms with E-state index in [-0.39, 0.29) is 12.1 Å². The summed E-state index contributed by atoms with van der Waals surface area (Å²) in [4.78, 5) is 14.3. The Morgan fingerprint density at radius 3 is 2.38 bits per heavy atom. The van der Waals surface area contributed by atoms with Crippen molar-refractivity contribution in [2.24, 2.45) is 0 Å². The van der Waals surface area contributed by atoms with Crippen LogP contribution in [0.1, 0.15) is 23.7 Å². The van der Waals surface area contributed by atoms with Crippen LogP contribution in [0.25, 0.3) is 11.1 Å². The van der Waals surface area contributed by atoms with Gasteiger partial charge in [0, 0.05) is 12.1 Å². The second-order valence-electron chi connectivity index (χ2n) is 5.27. The predicted octanol–water partition coefficient (Wildman–Crippen LogP) is 3.56. The molecule has 3 nitrogen and oxygen atoms in total. The van der Waals surface area contributed by atoms with Gasteiger partial charge in [-0.15, -0.1) is 0 Å². The second-order valence-corrected chi connectivity index (χ2v) is 5.27. The van der Waals surface area contributed by atoms with E-state index in [9.17, 15) is 4.79 Å². The lowest BCUT2D eigenvalue weighted by Gasteiger charge is -2.33. The molecule has 1 aliphatic heterocycles. The van der Waals surface area contributed by atoms with Gasteiger partial charge in [0.2, 0.25) is 0 Å². The minimum absolute atomic E-state index is 0.0433. The maximum atomic E-state index is 12.5. The minimum Gasteiger partial charge on any atom is -0.359 e. The topological polar surface area (TPSA) is 29.5 Å². The summed E-state index contributed by atoms with van der Waals surface area (Å²) in [7, 11) is 0. The minimum atomic E-state index is -0.139. The van der Waals surface area contributed by atoms with Gasteiger partial charge in [0.1, 0.15) is 6.23 Å². The molecule has 108 valence electrons. The summed E-state index contributed by atoms with van der Waals surface area (Å²) < 4.78 is 5.53. The Morgan fingerprint density at radius 1 is 1.05 bits per heavy atom. The van der Waals surface area contributed by atoms with Crippen molar-refractivity contribution < 1.29 is 9.53 Å². The van der Waals surface area contributed by atoms with E-state index in [4.69, 9.17) is 4.74 Å². The summed E-state index contributed by atoms with van der Waals surface area (Å²) in [5.41, 5.74) is 2.99. The fourth-order valence-electron chi connectivity index (χ4n) is 2.63. The van der Waals surface area contributed by atoms with Crippen LogP contribution in [0.15, 0.2) is 54.6 Å². The monoisotopic (exact) mass is 281 g/mol. The zero-order valence-corrected chi connectivity index (χ0v) is 12.2. The van der Waals surface area contributed by atoms with Crippen LogP contribution < -0.4 is 0 Å². The molecule has 2 aromatic carbocycles. The second kappa shape index (κ2) is 6.10. The molecule has 1 aliphatic rings. The first kappa shape index (κ1) is 13.8. The molecule has 1 saturated heterocycles. The molecule has 3 heteroatoms. The quantitative estimate of drug-likeness (QED) is 0.842. The highest BCUT2D eigenvalue weighted by atomic mass is 16.5. The summed E-state index contributed by atoms with van der Waals surface area (Å²) in [6.45, 7) is 3.42. The number of rotatable bonds is 2. The van der Waals surface area contributed by atoms with Gasteiger partial charge in [-0.2, -0.15) is 0 Å². The van der Waals surface area contributed by atoms with E-state index >= 15 is 0 Å². The Hall–Kier alpha value is -2.13. The first-order valence-corrected chi connectivity index (χ1v) is 7.34. The van der Waals surface area contributed by atoms with Crippen LogP contribution >= 0.6 is 0 Å². The largest absolute Gasteiger partial charge is 0.359 e. The summed E-state index contributed by atoms with van der Waals surface area (Å²) in [5.74, 6) is 0.0433. The molecule has 0 N–H and O–H groups in total. The first-order valence-electron chi connectivity index (χ1n) is 7.34. The number of carbonyl (C=O) groups excluding carboxylic acids is 1. The molecule has 0 bridgehead atoms. The number of hydrogen-bond acceptors (Lipinski definition) is 2. The highest BCUT2D eigenvalue weighted by molar-refractivity contribution is 5.94. The van der Waals surface area contributed by atoms with Crippen molar-refractivity contribution >= 4 is 5.91 Å². The molecule has 3 rings (SSSR count). The third-order valence-corrected chi connectivity index (χ3v) is 3.84. The van der Waals surface area contributed by atoms with Crippen LogP contribution in [0.5, 0.6) is 0 Å². The lowest BCUT2D eigenvalue weighted by molar-refractivity contribution is -0.0661. The molecule has 0 radical (unpaired) electrons. The average Bonchev–Trinajstić information content (AvgIpc) is 2.56. The number of hydrogen-bond donors (Lipinski definition) is 0. The summed E-state index contributed by atoms with van der Waals surface area (Å²) >= 11 is 0. The molecule has 2 aromatic rings. The van der Waals surface area contributed by atoms with E-state index in [1.54, 1.807) is 4.90 Å². The van der Waals surface area contributed by atoms with Crippen LogP contribution in [-0.4, -0.2) is 30.2 Å². The van der Waals surface area contributed by atoms with E-state index in [0.717, 1.165) is 30.7 Å². The van der Waals surface area contributed by atoms with Crippen LogP contribution in [0.4, 0.5) is 0 Å². The summed E-state index contributed by atoms with van der Waals surface area (Å²) in [6, 6.07) is 17.9. The van der Waals surface area contributed by atoms with Gasteiger partial charge in [0.15, 0.2) is 0 Å². The fourth-order valence-corrected chi connectivity index (χ4v) is 2.63. The van der Waals surface area contributed by atoms with Crippen molar-refractivity contribution in [1.29, 1.82) is 0 Å². The van der Waals surface area contributed by atoms with Crippen molar-refractivity contribution in [3.05, 3.63) is 60.2 Å². The van der Waals surface area contributed by atoms with Gasteiger partial charge in [-0.05, 0) is 36.6 Å². The SMILES string of the molecule is CC1OCCCN1C(=O)c1ccc(-c2ccccc2)cc1. The number of benzene rings is 2. The van der Waals surface area contributed by atoms with Crippen molar-refractivity contribution in [3.63, 3.8) is 0 Å². The van der Waals surface area contributed by atoms with E-state index in [1.807, 2.05) is 49.4 Å². The Bertz CT molecular complexity index is 607. The van der Waals surface area contributed by atoms with Gasteiger partial charge in [-0.25, -0.2) is 0 Å². The smallest absolute Gasteiger partial charge is 0.255 e. The maximum absolute atomic E-state index is 12.5. The third kappa shape index (κ3) is 2.98. The van der Waals surface area contributed by atoms with E-state index in [2.05, 4.69) is 12.1 Å². The van der Waals surface area contributed by atoms with Crippen molar-refractivity contribution in [1.82, 2.24) is 4.90 Å². The molecule has 1 heterocycles. The van der Waals surface area contributed by atoms with Crippen molar-refractivity contribution in [2.45, 2.75) is 19.6 Å². The van der Waals surface area contributed by atoms with Crippen LogP contribution in [0.3, 0.4) is 0 Å².